The van der Waals surface area contributed by atoms with Crippen molar-refractivity contribution in [2.75, 3.05) is 14.2 Å². The minimum Gasteiger partial charge on any atom is -0.493 e. The van der Waals surface area contributed by atoms with Crippen molar-refractivity contribution < 1.29 is 18.7 Å². The number of amides is 1. The van der Waals surface area contributed by atoms with Crippen LogP contribution in [0.2, 0.25) is 5.02 Å². The number of nitrogens with one attached hydrogen (secondary N) is 1. The van der Waals surface area contributed by atoms with E-state index in [1.54, 1.807) is 24.3 Å². The summed E-state index contributed by atoms with van der Waals surface area (Å²) in [6.45, 7) is 0. The van der Waals surface area contributed by atoms with E-state index >= 15 is 0 Å². The highest BCUT2D eigenvalue weighted by molar-refractivity contribution is 9.10. The SMILES string of the molecule is COc1cc(/C=N\NC(=O)c2cc3cc(Br)ccc3o2)cc(Cl)c1OC. The van der Waals surface area contributed by atoms with Crippen LogP contribution in [0.1, 0.15) is 16.1 Å². The summed E-state index contributed by atoms with van der Waals surface area (Å²) in [6.07, 6.45) is 1.45. The fourth-order valence-electron chi connectivity index (χ4n) is 2.36. The van der Waals surface area contributed by atoms with E-state index in [1.807, 2.05) is 12.1 Å². The van der Waals surface area contributed by atoms with E-state index in [1.165, 1.54) is 20.4 Å². The number of hydrogen-bond donors (Lipinski definition) is 1. The van der Waals surface area contributed by atoms with E-state index in [0.717, 1.165) is 9.86 Å². The Bertz CT molecular complexity index is 1000. The lowest BCUT2D eigenvalue weighted by molar-refractivity contribution is 0.0929. The number of hydrazone groups is 1. The fraction of sp³-hybridized carbons (Fsp3) is 0.111. The molecule has 0 aliphatic heterocycles. The van der Waals surface area contributed by atoms with Gasteiger partial charge in [-0.05, 0) is 42.0 Å². The molecule has 1 heterocycles. The number of benzene rings is 2. The van der Waals surface area contributed by atoms with Crippen molar-refractivity contribution in [3.05, 3.63) is 57.2 Å². The molecule has 1 N–H and O–H groups in total. The summed E-state index contributed by atoms with van der Waals surface area (Å²) in [5, 5.41) is 5.13. The van der Waals surface area contributed by atoms with Crippen molar-refractivity contribution in [2.24, 2.45) is 5.10 Å². The third-order valence-corrected chi connectivity index (χ3v) is 4.31. The number of carbonyl (C=O) groups is 1. The highest BCUT2D eigenvalue weighted by Gasteiger charge is 2.12. The Morgan fingerprint density at radius 3 is 2.77 bits per heavy atom. The average molecular weight is 438 g/mol. The third-order valence-electron chi connectivity index (χ3n) is 3.54. The Morgan fingerprint density at radius 2 is 2.04 bits per heavy atom. The number of nitrogens with zero attached hydrogens (tertiary/aromatic N) is 1. The van der Waals surface area contributed by atoms with Gasteiger partial charge in [-0.2, -0.15) is 5.10 Å². The minimum atomic E-state index is -0.458. The number of halogens is 2. The molecule has 0 saturated heterocycles. The molecule has 8 heteroatoms. The number of carbonyl (C=O) groups excluding carboxylic acids is 1. The van der Waals surface area contributed by atoms with Gasteiger partial charge in [0.1, 0.15) is 5.58 Å². The second-order valence-corrected chi connectivity index (χ2v) is 6.55. The normalized spacial score (nSPS) is 11.1. The Hall–Kier alpha value is -2.51. The van der Waals surface area contributed by atoms with Crippen LogP contribution in [0.25, 0.3) is 11.0 Å². The van der Waals surface area contributed by atoms with Gasteiger partial charge in [0.2, 0.25) is 0 Å². The molecule has 0 radical (unpaired) electrons. The lowest BCUT2D eigenvalue weighted by Crippen LogP contribution is -2.16. The third kappa shape index (κ3) is 3.84. The molecule has 0 saturated carbocycles. The van der Waals surface area contributed by atoms with Crippen molar-refractivity contribution in [3.8, 4) is 11.5 Å². The van der Waals surface area contributed by atoms with E-state index in [-0.39, 0.29) is 5.76 Å². The molecule has 0 bridgehead atoms. The number of fused-ring (bicyclic) bond motifs is 1. The maximum absolute atomic E-state index is 12.2. The molecule has 0 atom stereocenters. The van der Waals surface area contributed by atoms with Gasteiger partial charge in [0, 0.05) is 9.86 Å². The molecule has 0 aliphatic rings. The smallest absolute Gasteiger partial charge is 0.307 e. The zero-order chi connectivity index (χ0) is 18.7. The van der Waals surface area contributed by atoms with Crippen LogP contribution in [0.5, 0.6) is 11.5 Å². The number of ether oxygens (including phenoxy) is 2. The Labute approximate surface area is 162 Å². The van der Waals surface area contributed by atoms with Gasteiger partial charge in [0.05, 0.1) is 25.5 Å². The quantitative estimate of drug-likeness (QED) is 0.466. The number of methoxy groups -OCH3 is 2. The van der Waals surface area contributed by atoms with Crippen LogP contribution in [0, 0.1) is 0 Å². The van der Waals surface area contributed by atoms with Crippen LogP contribution in [0.4, 0.5) is 0 Å². The van der Waals surface area contributed by atoms with Gasteiger partial charge in [-0.25, -0.2) is 5.43 Å². The molecule has 0 unspecified atom stereocenters. The summed E-state index contributed by atoms with van der Waals surface area (Å²) in [4.78, 5) is 12.2. The molecule has 134 valence electrons. The Kier molecular flexibility index (Phi) is 5.49. The molecule has 1 aromatic heterocycles. The van der Waals surface area contributed by atoms with E-state index in [4.69, 9.17) is 25.5 Å². The first kappa shape index (κ1) is 18.3. The Morgan fingerprint density at radius 1 is 1.23 bits per heavy atom. The summed E-state index contributed by atoms with van der Waals surface area (Å²) in [5.74, 6) is 0.611. The second-order valence-electron chi connectivity index (χ2n) is 5.23. The molecule has 26 heavy (non-hydrogen) atoms. The predicted octanol–water partition coefficient (Wildman–Crippen LogP) is 4.63. The molecular formula is C18H14BrClN2O4. The maximum Gasteiger partial charge on any atom is 0.307 e. The maximum atomic E-state index is 12.2. The fourth-order valence-corrected chi connectivity index (χ4v) is 3.03. The summed E-state index contributed by atoms with van der Waals surface area (Å²) in [6, 6.07) is 10.5. The highest BCUT2D eigenvalue weighted by atomic mass is 79.9. The molecule has 0 aliphatic carbocycles. The van der Waals surface area contributed by atoms with Crippen LogP contribution in [0.3, 0.4) is 0 Å². The number of hydrogen-bond acceptors (Lipinski definition) is 5. The molecule has 2 aromatic carbocycles. The second kappa shape index (κ2) is 7.80. The van der Waals surface area contributed by atoms with Crippen molar-refractivity contribution in [3.63, 3.8) is 0 Å². The first-order valence-corrected chi connectivity index (χ1v) is 8.63. The zero-order valence-corrected chi connectivity index (χ0v) is 16.2. The molecular weight excluding hydrogens is 424 g/mol. The molecule has 3 rings (SSSR count). The van der Waals surface area contributed by atoms with Crippen molar-refractivity contribution in [1.29, 1.82) is 0 Å². The van der Waals surface area contributed by atoms with Gasteiger partial charge in [0.15, 0.2) is 17.3 Å². The molecule has 0 spiro atoms. The van der Waals surface area contributed by atoms with Crippen molar-refractivity contribution in [1.82, 2.24) is 5.43 Å². The van der Waals surface area contributed by atoms with E-state index in [9.17, 15) is 4.79 Å². The van der Waals surface area contributed by atoms with Crippen LogP contribution < -0.4 is 14.9 Å². The summed E-state index contributed by atoms with van der Waals surface area (Å²) in [5.41, 5.74) is 3.68. The first-order valence-electron chi connectivity index (χ1n) is 7.46. The largest absolute Gasteiger partial charge is 0.493 e. The Balaban J connectivity index is 1.75. The first-order chi connectivity index (χ1) is 12.5. The van der Waals surface area contributed by atoms with E-state index in [2.05, 4.69) is 26.5 Å². The van der Waals surface area contributed by atoms with Crippen LogP contribution in [-0.4, -0.2) is 26.3 Å². The van der Waals surface area contributed by atoms with E-state index < -0.39 is 5.91 Å². The van der Waals surface area contributed by atoms with Crippen LogP contribution in [-0.2, 0) is 0 Å². The van der Waals surface area contributed by atoms with Gasteiger partial charge >= 0.3 is 5.91 Å². The lowest BCUT2D eigenvalue weighted by Gasteiger charge is -2.09. The monoisotopic (exact) mass is 436 g/mol. The van der Waals surface area contributed by atoms with E-state index in [0.29, 0.717) is 27.7 Å². The van der Waals surface area contributed by atoms with Crippen LogP contribution >= 0.6 is 27.5 Å². The zero-order valence-electron chi connectivity index (χ0n) is 13.9. The number of furan rings is 1. The summed E-state index contributed by atoms with van der Waals surface area (Å²) < 4.78 is 16.8. The van der Waals surface area contributed by atoms with Gasteiger partial charge in [-0.15, -0.1) is 0 Å². The highest BCUT2D eigenvalue weighted by Crippen LogP contribution is 2.35. The molecule has 6 nitrogen and oxygen atoms in total. The van der Waals surface area contributed by atoms with Gasteiger partial charge < -0.3 is 13.9 Å². The standard InChI is InChI=1S/C18H14BrClN2O4/c1-24-15-6-10(5-13(20)17(15)25-2)9-21-22-18(23)16-8-11-7-12(19)3-4-14(11)26-16/h3-9H,1-2H3,(H,22,23)/b21-9-. The van der Waals surface area contributed by atoms with Crippen LogP contribution in [0.15, 0.2) is 50.4 Å². The molecule has 1 amide bonds. The van der Waals surface area contributed by atoms with Crippen molar-refractivity contribution in [2.45, 2.75) is 0 Å². The van der Waals surface area contributed by atoms with Gasteiger partial charge in [0.25, 0.3) is 0 Å². The van der Waals surface area contributed by atoms with Crippen molar-refractivity contribution >= 4 is 50.6 Å². The average Bonchev–Trinajstić information content (AvgIpc) is 3.04. The lowest BCUT2D eigenvalue weighted by atomic mass is 10.2. The minimum absolute atomic E-state index is 0.167. The summed E-state index contributed by atoms with van der Waals surface area (Å²) in [7, 11) is 3.01. The molecule has 0 fully saturated rings. The summed E-state index contributed by atoms with van der Waals surface area (Å²) >= 11 is 9.51. The predicted molar refractivity (Wildman–Crippen MR) is 104 cm³/mol. The van der Waals surface area contributed by atoms with Gasteiger partial charge in [-0.3, -0.25) is 4.79 Å². The number of rotatable bonds is 5. The molecule has 3 aromatic rings. The van der Waals surface area contributed by atoms with Gasteiger partial charge in [-0.1, -0.05) is 27.5 Å². The topological polar surface area (TPSA) is 73.1 Å².